The van der Waals surface area contributed by atoms with Crippen LogP contribution in [0.1, 0.15) is 44.5 Å². The lowest BCUT2D eigenvalue weighted by molar-refractivity contribution is 0.636. The van der Waals surface area contributed by atoms with E-state index in [9.17, 15) is 0 Å². The van der Waals surface area contributed by atoms with E-state index in [1.165, 1.54) is 77.9 Å². The Balaban J connectivity index is 1.20. The topological polar surface area (TPSA) is 12.9 Å². The second-order valence-corrected chi connectivity index (χ2v) is 14.9. The van der Waals surface area contributed by atoms with E-state index in [2.05, 4.69) is 200 Å². The van der Waals surface area contributed by atoms with Gasteiger partial charge in [-0.2, -0.15) is 0 Å². The number of hydrogen-bond donors (Lipinski definition) is 0. The van der Waals surface area contributed by atoms with Crippen LogP contribution in [-0.2, 0) is 10.8 Å². The van der Waals surface area contributed by atoms with Crippen molar-refractivity contribution in [2.24, 2.45) is 0 Å². The van der Waals surface area contributed by atoms with Crippen LogP contribution in [0, 0.1) is 0 Å². The lowest BCUT2D eigenvalue weighted by atomic mass is 9.52. The van der Waals surface area contributed by atoms with Gasteiger partial charge in [0.1, 0.15) is 0 Å². The number of benzene rings is 8. The molecule has 2 unspecified atom stereocenters. The molecule has 2 atom stereocenters. The Kier molecular flexibility index (Phi) is 5.97. The molecule has 0 saturated carbocycles. The first-order valence-electron chi connectivity index (χ1n) is 18.9. The largest absolute Gasteiger partial charge is 0.248 e. The van der Waals surface area contributed by atoms with Gasteiger partial charge in [0, 0.05) is 10.9 Å². The van der Waals surface area contributed by atoms with Crippen molar-refractivity contribution in [1.82, 2.24) is 4.98 Å². The molecular formula is C53H33N. The van der Waals surface area contributed by atoms with Gasteiger partial charge in [0.25, 0.3) is 0 Å². The number of pyridine rings is 1. The van der Waals surface area contributed by atoms with Crippen LogP contribution in [0.3, 0.4) is 0 Å². The predicted molar refractivity (Wildman–Crippen MR) is 221 cm³/mol. The maximum atomic E-state index is 5.34. The second-order valence-electron chi connectivity index (χ2n) is 14.9. The van der Waals surface area contributed by atoms with Gasteiger partial charge in [0.05, 0.1) is 22.0 Å². The van der Waals surface area contributed by atoms with Crippen molar-refractivity contribution in [2.45, 2.75) is 10.8 Å². The summed E-state index contributed by atoms with van der Waals surface area (Å²) in [7, 11) is 0. The van der Waals surface area contributed by atoms with Gasteiger partial charge in [-0.3, -0.25) is 0 Å². The highest BCUT2D eigenvalue weighted by Gasteiger charge is 2.59. The fourth-order valence-corrected chi connectivity index (χ4v) is 10.6. The molecule has 0 radical (unpaired) electrons. The Hall–Kier alpha value is -6.83. The summed E-state index contributed by atoms with van der Waals surface area (Å²) in [6.45, 7) is 0. The van der Waals surface area contributed by atoms with E-state index in [0.717, 1.165) is 22.2 Å². The summed E-state index contributed by atoms with van der Waals surface area (Å²) in [4.78, 5) is 5.34. The van der Waals surface area contributed by atoms with E-state index >= 15 is 0 Å². The third-order valence-electron chi connectivity index (χ3n) is 12.5. The van der Waals surface area contributed by atoms with Gasteiger partial charge in [-0.1, -0.05) is 182 Å². The monoisotopic (exact) mass is 683 g/mol. The van der Waals surface area contributed by atoms with Crippen molar-refractivity contribution in [3.63, 3.8) is 0 Å². The smallest absolute Gasteiger partial charge is 0.0720 e. The summed E-state index contributed by atoms with van der Waals surface area (Å²) in [6.07, 6.45) is 0. The van der Waals surface area contributed by atoms with Gasteiger partial charge in [0.15, 0.2) is 0 Å². The molecule has 0 bridgehead atoms. The molecule has 1 heteroatoms. The molecule has 0 amide bonds. The van der Waals surface area contributed by atoms with Crippen molar-refractivity contribution in [1.29, 1.82) is 0 Å². The predicted octanol–water partition coefficient (Wildman–Crippen LogP) is 12.6. The van der Waals surface area contributed by atoms with Gasteiger partial charge in [-0.05, 0) is 96.1 Å². The minimum Gasteiger partial charge on any atom is -0.248 e. The molecule has 1 aromatic heterocycles. The molecule has 54 heavy (non-hydrogen) atoms. The number of hydrogen-bond acceptors (Lipinski definition) is 1. The molecule has 250 valence electrons. The Morgan fingerprint density at radius 3 is 1.65 bits per heavy atom. The molecule has 1 spiro atoms. The molecule has 0 N–H and O–H groups in total. The molecule has 3 aliphatic rings. The molecule has 0 fully saturated rings. The lowest BCUT2D eigenvalue weighted by Gasteiger charge is -2.48. The van der Waals surface area contributed by atoms with Crippen LogP contribution in [0.5, 0.6) is 0 Å². The summed E-state index contributed by atoms with van der Waals surface area (Å²) in [6, 6.07) is 74.5. The van der Waals surface area contributed by atoms with Gasteiger partial charge >= 0.3 is 0 Å². The lowest BCUT2D eigenvalue weighted by Crippen LogP contribution is -2.43. The minimum absolute atomic E-state index is 0.453. The molecule has 9 aromatic rings. The molecule has 0 aliphatic heterocycles. The molecule has 1 heterocycles. The van der Waals surface area contributed by atoms with Crippen molar-refractivity contribution in [3.8, 4) is 44.6 Å². The number of nitrogens with zero attached hydrogens (tertiary/aromatic N) is 1. The van der Waals surface area contributed by atoms with Crippen molar-refractivity contribution in [2.75, 3.05) is 0 Å². The number of rotatable bonds is 3. The maximum Gasteiger partial charge on any atom is 0.0720 e. The van der Waals surface area contributed by atoms with Crippen molar-refractivity contribution >= 4 is 10.9 Å². The highest BCUT2D eigenvalue weighted by Crippen LogP contribution is 2.68. The molecular weight excluding hydrogens is 651 g/mol. The van der Waals surface area contributed by atoms with Crippen LogP contribution >= 0.6 is 0 Å². The van der Waals surface area contributed by atoms with Gasteiger partial charge in [0.2, 0.25) is 0 Å². The van der Waals surface area contributed by atoms with Crippen LogP contribution in [0.4, 0.5) is 0 Å². The van der Waals surface area contributed by atoms with Crippen LogP contribution < -0.4 is 0 Å². The molecule has 0 saturated heterocycles. The standard InChI is InChI=1S/C53H33N/c1-3-16-34(17-4-1)42-33-50(54-49-29-14-9-22-40(42)49)35-30-31-39-37-20-7-11-25-44(37)53(48(39)32-35)46-27-13-12-26-45(46)52(36-18-5-2-6-19-36)43-24-10-8-21-38(43)41-23-15-28-47(53)51(41)52/h1-33H. The molecule has 8 aromatic carbocycles. The summed E-state index contributed by atoms with van der Waals surface area (Å²) in [5.74, 6) is 0. The molecule has 3 aliphatic carbocycles. The number of aromatic nitrogens is 1. The Labute approximate surface area is 314 Å². The van der Waals surface area contributed by atoms with Crippen LogP contribution in [0.25, 0.3) is 55.5 Å². The average molecular weight is 684 g/mol. The van der Waals surface area contributed by atoms with Gasteiger partial charge in [-0.25, -0.2) is 4.98 Å². The van der Waals surface area contributed by atoms with Crippen molar-refractivity contribution < 1.29 is 0 Å². The highest BCUT2D eigenvalue weighted by molar-refractivity contribution is 5.99. The molecule has 1 nitrogen and oxygen atoms in total. The zero-order chi connectivity index (χ0) is 35.4. The van der Waals surface area contributed by atoms with E-state index in [4.69, 9.17) is 4.98 Å². The van der Waals surface area contributed by atoms with E-state index in [1.807, 2.05) is 0 Å². The van der Waals surface area contributed by atoms with Crippen LogP contribution in [0.15, 0.2) is 200 Å². The van der Waals surface area contributed by atoms with Crippen molar-refractivity contribution in [3.05, 3.63) is 245 Å². The first kappa shape index (κ1) is 29.7. The zero-order valence-electron chi connectivity index (χ0n) is 29.5. The van der Waals surface area contributed by atoms with Gasteiger partial charge in [-0.15, -0.1) is 0 Å². The normalized spacial score (nSPS) is 18.1. The Morgan fingerprint density at radius 1 is 0.315 bits per heavy atom. The van der Waals surface area contributed by atoms with Crippen LogP contribution in [0.2, 0.25) is 0 Å². The van der Waals surface area contributed by atoms with E-state index in [0.29, 0.717) is 0 Å². The highest BCUT2D eigenvalue weighted by atomic mass is 14.7. The fourth-order valence-electron chi connectivity index (χ4n) is 10.6. The third-order valence-corrected chi connectivity index (χ3v) is 12.5. The first-order valence-corrected chi connectivity index (χ1v) is 18.9. The summed E-state index contributed by atoms with van der Waals surface area (Å²) >= 11 is 0. The Bertz CT molecular complexity index is 3000. The quantitative estimate of drug-likeness (QED) is 0.181. The molecule has 12 rings (SSSR count). The second kappa shape index (κ2) is 10.9. The Morgan fingerprint density at radius 2 is 0.870 bits per heavy atom. The third kappa shape index (κ3) is 3.61. The van der Waals surface area contributed by atoms with E-state index in [1.54, 1.807) is 0 Å². The summed E-state index contributed by atoms with van der Waals surface area (Å²) < 4.78 is 0. The first-order chi connectivity index (χ1) is 26.8. The number of para-hydroxylation sites is 1. The number of fused-ring (bicyclic) bond motifs is 13. The average Bonchev–Trinajstić information content (AvgIpc) is 3.72. The summed E-state index contributed by atoms with van der Waals surface area (Å²) in [5, 5.41) is 1.16. The van der Waals surface area contributed by atoms with E-state index < -0.39 is 10.8 Å². The van der Waals surface area contributed by atoms with Gasteiger partial charge < -0.3 is 0 Å². The maximum absolute atomic E-state index is 5.34. The van der Waals surface area contributed by atoms with Crippen LogP contribution in [-0.4, -0.2) is 4.98 Å². The van der Waals surface area contributed by atoms with E-state index in [-0.39, 0.29) is 0 Å². The zero-order valence-corrected chi connectivity index (χ0v) is 29.5. The SMILES string of the molecule is c1ccc(-c2cc(-c3ccc4c(c3)C3(c5ccccc5-4)c4ccccc4C4(c5ccccc5)c5ccccc5-c5cccc3c54)nc3ccccc23)cc1. The minimum atomic E-state index is -0.538. The summed E-state index contributed by atoms with van der Waals surface area (Å²) in [5.41, 5.74) is 20.5. The fraction of sp³-hybridized carbons (Fsp3) is 0.0377.